The number of rotatable bonds is 2. The van der Waals surface area contributed by atoms with Gasteiger partial charge in [0.25, 0.3) is 0 Å². The highest BCUT2D eigenvalue weighted by atomic mass is 32.2. The number of pyridine rings is 1. The Morgan fingerprint density at radius 3 is 2.68 bits per heavy atom. The van der Waals surface area contributed by atoms with Crippen LogP contribution in [0.25, 0.3) is 0 Å². The second-order valence-corrected chi connectivity index (χ2v) is 8.87. The molecule has 0 saturated carbocycles. The van der Waals surface area contributed by atoms with Gasteiger partial charge in [0.15, 0.2) is 16.2 Å². The molecule has 3 aliphatic heterocycles. The molecule has 0 bridgehead atoms. The average molecular weight is 450 g/mol. The summed E-state index contributed by atoms with van der Waals surface area (Å²) in [6.07, 6.45) is -3.01. The molecule has 0 N–H and O–H groups in total. The summed E-state index contributed by atoms with van der Waals surface area (Å²) in [5.74, 6) is 0.493. The van der Waals surface area contributed by atoms with Crippen LogP contribution in [0.5, 0.6) is 17.2 Å². The van der Waals surface area contributed by atoms with Gasteiger partial charge >= 0.3 is 6.18 Å². The molecule has 0 fully saturated rings. The average Bonchev–Trinajstić information content (AvgIpc) is 3.50. The fourth-order valence-corrected chi connectivity index (χ4v) is 5.90. The van der Waals surface area contributed by atoms with E-state index in [0.717, 1.165) is 6.07 Å². The lowest BCUT2D eigenvalue weighted by atomic mass is 9.94. The van der Waals surface area contributed by atoms with Crippen molar-refractivity contribution < 1.29 is 36.0 Å². The van der Waals surface area contributed by atoms with Gasteiger partial charge < -0.3 is 18.6 Å². The van der Waals surface area contributed by atoms with Crippen molar-refractivity contribution in [1.29, 1.82) is 0 Å². The zero-order chi connectivity index (χ0) is 21.4. The predicted octanol–water partition coefficient (Wildman–Crippen LogP) is 3.74. The van der Waals surface area contributed by atoms with Gasteiger partial charge in [-0.25, -0.2) is 4.21 Å². The van der Waals surface area contributed by atoms with E-state index in [1.54, 1.807) is 30.5 Å². The summed E-state index contributed by atoms with van der Waals surface area (Å²) in [6.45, 7) is 0.0165. The SMILES string of the molecule is O=S1N(Cc2ccc(C(F)(F)F)o2)c2cccnc2C12COc1cc3c(cc12)OCO3. The Morgan fingerprint density at radius 2 is 1.90 bits per heavy atom. The summed E-state index contributed by atoms with van der Waals surface area (Å²) in [6, 6.07) is 8.94. The fourth-order valence-electron chi connectivity index (χ4n) is 4.13. The van der Waals surface area contributed by atoms with Gasteiger partial charge in [0, 0.05) is 17.8 Å². The lowest BCUT2D eigenvalue weighted by molar-refractivity contribution is -0.153. The Kier molecular flexibility index (Phi) is 3.69. The smallest absolute Gasteiger partial charge is 0.449 e. The van der Waals surface area contributed by atoms with Crippen molar-refractivity contribution in [2.75, 3.05) is 17.7 Å². The third-order valence-corrected chi connectivity index (χ3v) is 7.37. The summed E-state index contributed by atoms with van der Waals surface area (Å²) in [7, 11) is -1.75. The van der Waals surface area contributed by atoms with Gasteiger partial charge in [-0.2, -0.15) is 13.2 Å². The summed E-state index contributed by atoms with van der Waals surface area (Å²) in [5, 5.41) is 0. The largest absolute Gasteiger partial charge is 0.491 e. The van der Waals surface area contributed by atoms with Crippen molar-refractivity contribution in [3.8, 4) is 17.2 Å². The third kappa shape index (κ3) is 2.52. The van der Waals surface area contributed by atoms with Crippen LogP contribution in [0.4, 0.5) is 18.9 Å². The van der Waals surface area contributed by atoms with Crippen LogP contribution in [0.2, 0.25) is 0 Å². The Balaban J connectivity index is 1.44. The normalized spacial score (nSPS) is 23.2. The standard InChI is InChI=1S/C20H13F3N2O5S/c21-20(22,23)17-4-3-11(30-17)8-25-13-2-1-5-24-18(13)19(31(25)26)9-27-14-7-16-15(6-12(14)19)28-10-29-16/h1-7H,8-10H2. The molecule has 31 heavy (non-hydrogen) atoms. The van der Waals surface area contributed by atoms with Crippen molar-refractivity contribution in [1.82, 2.24) is 4.98 Å². The van der Waals surface area contributed by atoms with E-state index in [2.05, 4.69) is 4.98 Å². The minimum absolute atomic E-state index is 0.0392. The summed E-state index contributed by atoms with van der Waals surface area (Å²) >= 11 is 0. The topological polar surface area (TPSA) is 74.0 Å². The molecule has 0 amide bonds. The number of furan rings is 1. The maximum absolute atomic E-state index is 13.8. The van der Waals surface area contributed by atoms with Crippen molar-refractivity contribution >= 4 is 16.7 Å². The van der Waals surface area contributed by atoms with Gasteiger partial charge in [-0.05, 0) is 30.3 Å². The molecule has 0 saturated heterocycles. The first-order valence-electron chi connectivity index (χ1n) is 9.26. The third-order valence-electron chi connectivity index (χ3n) is 5.52. The number of aromatic nitrogens is 1. The number of fused-ring (bicyclic) bond motifs is 5. The number of halogens is 3. The summed E-state index contributed by atoms with van der Waals surface area (Å²) in [5.41, 5.74) is 1.70. The molecule has 3 aliphatic rings. The van der Waals surface area contributed by atoms with Crippen LogP contribution in [0.1, 0.15) is 22.8 Å². The van der Waals surface area contributed by atoms with Crippen LogP contribution < -0.4 is 18.5 Å². The second kappa shape index (κ2) is 6.16. The molecule has 5 heterocycles. The number of anilines is 1. The van der Waals surface area contributed by atoms with E-state index in [0.29, 0.717) is 34.2 Å². The Labute approximate surface area is 175 Å². The van der Waals surface area contributed by atoms with E-state index >= 15 is 0 Å². The minimum atomic E-state index is -4.59. The van der Waals surface area contributed by atoms with Crippen molar-refractivity contribution in [3.05, 3.63) is 65.4 Å². The Morgan fingerprint density at radius 1 is 1.10 bits per heavy atom. The van der Waals surface area contributed by atoms with Crippen LogP contribution in [-0.2, 0) is 28.5 Å². The van der Waals surface area contributed by atoms with E-state index < -0.39 is 27.7 Å². The number of hydrogen-bond donors (Lipinski definition) is 0. The van der Waals surface area contributed by atoms with Gasteiger partial charge in [0.2, 0.25) is 12.6 Å². The van der Waals surface area contributed by atoms with Crippen LogP contribution in [-0.4, -0.2) is 22.6 Å². The maximum atomic E-state index is 13.8. The molecular formula is C20H13F3N2O5S. The van der Waals surface area contributed by atoms with Crippen LogP contribution in [0.3, 0.4) is 0 Å². The highest BCUT2D eigenvalue weighted by Crippen LogP contribution is 2.56. The summed E-state index contributed by atoms with van der Waals surface area (Å²) in [4.78, 5) is 4.48. The second-order valence-electron chi connectivity index (χ2n) is 7.24. The lowest BCUT2D eigenvalue weighted by Gasteiger charge is -2.22. The number of nitrogens with zero attached hydrogens (tertiary/aromatic N) is 2. The molecule has 1 aromatic carbocycles. The fraction of sp³-hybridized carbons (Fsp3) is 0.250. The molecule has 2 atom stereocenters. The molecule has 11 heteroatoms. The Bertz CT molecular complexity index is 1240. The molecule has 160 valence electrons. The van der Waals surface area contributed by atoms with Crippen LogP contribution >= 0.6 is 0 Å². The van der Waals surface area contributed by atoms with E-state index in [-0.39, 0.29) is 25.7 Å². The van der Waals surface area contributed by atoms with Gasteiger partial charge in [-0.1, -0.05) is 0 Å². The minimum Gasteiger partial charge on any atom is -0.491 e. The Hall–Kier alpha value is -3.21. The monoisotopic (exact) mass is 450 g/mol. The molecule has 2 aromatic heterocycles. The number of benzene rings is 1. The number of alkyl halides is 3. The van der Waals surface area contributed by atoms with Crippen molar-refractivity contribution in [3.63, 3.8) is 0 Å². The van der Waals surface area contributed by atoms with E-state index in [4.69, 9.17) is 18.6 Å². The molecule has 1 spiro atoms. The first-order chi connectivity index (χ1) is 14.9. The lowest BCUT2D eigenvalue weighted by Crippen LogP contribution is -2.37. The van der Waals surface area contributed by atoms with Gasteiger partial charge in [0.05, 0.1) is 17.9 Å². The van der Waals surface area contributed by atoms with Gasteiger partial charge in [0.1, 0.15) is 29.1 Å². The van der Waals surface area contributed by atoms with Crippen LogP contribution in [0, 0.1) is 0 Å². The molecule has 3 aromatic rings. The molecule has 0 radical (unpaired) electrons. The van der Waals surface area contributed by atoms with Crippen molar-refractivity contribution in [2.45, 2.75) is 17.5 Å². The van der Waals surface area contributed by atoms with Crippen LogP contribution in [0.15, 0.2) is 47.0 Å². The van der Waals surface area contributed by atoms with E-state index in [9.17, 15) is 17.4 Å². The zero-order valence-electron chi connectivity index (χ0n) is 15.6. The molecular weight excluding hydrogens is 437 g/mol. The molecule has 2 unspecified atom stereocenters. The van der Waals surface area contributed by atoms with Gasteiger partial charge in [-0.3, -0.25) is 9.29 Å². The zero-order valence-corrected chi connectivity index (χ0v) is 16.5. The van der Waals surface area contributed by atoms with E-state index in [1.165, 1.54) is 10.4 Å². The quantitative estimate of drug-likeness (QED) is 0.592. The van der Waals surface area contributed by atoms with E-state index in [1.807, 2.05) is 0 Å². The first kappa shape index (κ1) is 18.6. The highest BCUT2D eigenvalue weighted by Gasteiger charge is 2.58. The number of hydrogen-bond acceptors (Lipinski definition) is 6. The van der Waals surface area contributed by atoms with Crippen molar-refractivity contribution in [2.24, 2.45) is 0 Å². The predicted molar refractivity (Wildman–Crippen MR) is 101 cm³/mol. The number of ether oxygens (including phenoxy) is 3. The molecule has 6 rings (SSSR count). The maximum Gasteiger partial charge on any atom is 0.449 e. The van der Waals surface area contributed by atoms with Gasteiger partial charge in [-0.15, -0.1) is 0 Å². The highest BCUT2D eigenvalue weighted by molar-refractivity contribution is 7.88. The molecule has 0 aliphatic carbocycles. The molecule has 7 nitrogen and oxygen atoms in total. The summed E-state index contributed by atoms with van der Waals surface area (Å²) < 4.78 is 74.7. The first-order valence-corrected chi connectivity index (χ1v) is 10.4.